The minimum absolute atomic E-state index is 0.218. The van der Waals surface area contributed by atoms with Crippen molar-refractivity contribution in [1.29, 1.82) is 0 Å². The zero-order valence-electron chi connectivity index (χ0n) is 10.8. The van der Waals surface area contributed by atoms with E-state index < -0.39 is 6.55 Å². The van der Waals surface area contributed by atoms with Crippen LogP contribution in [0, 0.1) is 0 Å². The van der Waals surface area contributed by atoms with Gasteiger partial charge in [0.1, 0.15) is 5.82 Å². The fourth-order valence-corrected chi connectivity index (χ4v) is 2.55. The summed E-state index contributed by atoms with van der Waals surface area (Å²) in [6.07, 6.45) is 4.15. The second-order valence-corrected chi connectivity index (χ2v) is 5.07. The lowest BCUT2D eigenvalue weighted by Crippen LogP contribution is -2.10. The van der Waals surface area contributed by atoms with Gasteiger partial charge in [0.2, 0.25) is 0 Å². The summed E-state index contributed by atoms with van der Waals surface area (Å²) in [4.78, 5) is 22.2. The number of nitrogens with zero attached hydrogens (tertiary/aromatic N) is 3. The number of hydrogen-bond donors (Lipinski definition) is 1. The van der Waals surface area contributed by atoms with Gasteiger partial charge >= 0.3 is 6.55 Å². The number of aryl methyl sites for hydroxylation is 1. The van der Waals surface area contributed by atoms with Crippen LogP contribution in [-0.4, -0.2) is 19.5 Å². The molecule has 20 heavy (non-hydrogen) atoms. The first-order chi connectivity index (χ1) is 9.60. The molecule has 2 rings (SSSR count). The van der Waals surface area contributed by atoms with Crippen LogP contribution in [0.2, 0.25) is 0 Å². The van der Waals surface area contributed by atoms with Gasteiger partial charge in [0.15, 0.2) is 5.16 Å². The molecule has 2 aromatic rings. The molecule has 0 aliphatic rings. The van der Waals surface area contributed by atoms with Gasteiger partial charge in [0.25, 0.3) is 5.56 Å². The minimum Gasteiger partial charge on any atom is -0.301 e. The Hall–Kier alpha value is -1.70. The van der Waals surface area contributed by atoms with Crippen LogP contribution in [0.3, 0.4) is 0 Å². The predicted molar refractivity (Wildman–Crippen MR) is 71.9 cm³/mol. The molecule has 2 aromatic heterocycles. The molecule has 108 valence electrons. The van der Waals surface area contributed by atoms with E-state index in [1.807, 2.05) is 6.92 Å². The smallest absolute Gasteiger partial charge is 0.301 e. The molecule has 0 bridgehead atoms. The van der Waals surface area contributed by atoms with E-state index in [9.17, 15) is 13.6 Å². The number of H-pyrrole nitrogens is 1. The Morgan fingerprint density at radius 2 is 2.30 bits per heavy atom. The van der Waals surface area contributed by atoms with E-state index in [1.54, 1.807) is 0 Å². The van der Waals surface area contributed by atoms with Crippen molar-refractivity contribution in [2.45, 2.75) is 37.2 Å². The fourth-order valence-electron chi connectivity index (χ4n) is 1.70. The molecule has 2 heterocycles. The molecule has 5 nitrogen and oxygen atoms in total. The maximum absolute atomic E-state index is 12.7. The first kappa shape index (κ1) is 14.7. The van der Waals surface area contributed by atoms with E-state index in [-0.39, 0.29) is 17.1 Å². The van der Waals surface area contributed by atoms with Gasteiger partial charge in [0.05, 0.1) is 5.75 Å². The van der Waals surface area contributed by atoms with E-state index >= 15 is 0 Å². The molecule has 1 N–H and O–H groups in total. The van der Waals surface area contributed by atoms with Gasteiger partial charge in [-0.3, -0.25) is 9.36 Å². The Morgan fingerprint density at radius 1 is 1.50 bits per heavy atom. The Bertz CT molecular complexity index is 626. The first-order valence-corrected chi connectivity index (χ1v) is 7.11. The standard InChI is InChI=1S/C12H14F2N4OS/c1-2-3-8-6-10(19)17-12(16-8)20-7-9-15-4-5-18(9)11(13)14/h4-6,11H,2-3,7H2,1H3,(H,16,17,19). The molecule has 0 saturated heterocycles. The molecular weight excluding hydrogens is 286 g/mol. The molecule has 8 heteroatoms. The normalized spacial score (nSPS) is 11.2. The largest absolute Gasteiger partial charge is 0.319 e. The number of aromatic nitrogens is 4. The van der Waals surface area contributed by atoms with Crippen molar-refractivity contribution in [3.8, 4) is 0 Å². The molecular formula is C12H14F2N4OS. The van der Waals surface area contributed by atoms with Crippen LogP contribution in [0.5, 0.6) is 0 Å². The lowest BCUT2D eigenvalue weighted by molar-refractivity contribution is 0.0678. The SMILES string of the molecule is CCCc1cc(=O)[nH]c(SCc2nccn2C(F)F)n1. The van der Waals surface area contributed by atoms with Crippen LogP contribution in [0.15, 0.2) is 28.4 Å². The molecule has 0 amide bonds. The third-order valence-electron chi connectivity index (χ3n) is 2.58. The van der Waals surface area contributed by atoms with Crippen molar-refractivity contribution in [3.63, 3.8) is 0 Å². The molecule has 0 saturated carbocycles. The van der Waals surface area contributed by atoms with Crippen LogP contribution in [0.25, 0.3) is 0 Å². The third kappa shape index (κ3) is 3.66. The van der Waals surface area contributed by atoms with Gasteiger partial charge in [0, 0.05) is 24.2 Å². The van der Waals surface area contributed by atoms with Crippen LogP contribution in [0.1, 0.15) is 31.4 Å². The Balaban J connectivity index is 2.10. The molecule has 0 unspecified atom stereocenters. The van der Waals surface area contributed by atoms with Gasteiger partial charge in [-0.1, -0.05) is 25.1 Å². The van der Waals surface area contributed by atoms with Crippen LogP contribution in [0.4, 0.5) is 8.78 Å². The van der Waals surface area contributed by atoms with Crippen molar-refractivity contribution in [2.75, 3.05) is 0 Å². The van der Waals surface area contributed by atoms with Crippen LogP contribution >= 0.6 is 11.8 Å². The number of aromatic amines is 1. The molecule has 0 atom stereocenters. The summed E-state index contributed by atoms with van der Waals surface area (Å²) in [5.74, 6) is 0.462. The van der Waals surface area contributed by atoms with Gasteiger partial charge < -0.3 is 4.98 Å². The summed E-state index contributed by atoms with van der Waals surface area (Å²) in [6.45, 7) is -0.624. The zero-order valence-corrected chi connectivity index (χ0v) is 11.7. The Morgan fingerprint density at radius 3 is 3.00 bits per heavy atom. The van der Waals surface area contributed by atoms with Crippen molar-refractivity contribution in [1.82, 2.24) is 19.5 Å². The highest BCUT2D eigenvalue weighted by Gasteiger charge is 2.12. The number of alkyl halides is 2. The lowest BCUT2D eigenvalue weighted by atomic mass is 10.2. The van der Waals surface area contributed by atoms with Crippen LogP contribution < -0.4 is 5.56 Å². The van der Waals surface area contributed by atoms with E-state index in [4.69, 9.17) is 0 Å². The van der Waals surface area contributed by atoms with Gasteiger partial charge in [-0.25, -0.2) is 9.97 Å². The van der Waals surface area contributed by atoms with E-state index in [2.05, 4.69) is 15.0 Å². The number of hydrogen-bond acceptors (Lipinski definition) is 4. The molecule has 0 fully saturated rings. The van der Waals surface area contributed by atoms with Crippen molar-refractivity contribution >= 4 is 11.8 Å². The highest BCUT2D eigenvalue weighted by atomic mass is 32.2. The molecule has 0 spiro atoms. The molecule has 0 aliphatic carbocycles. The van der Waals surface area contributed by atoms with Crippen molar-refractivity contribution < 1.29 is 8.78 Å². The van der Waals surface area contributed by atoms with Crippen molar-refractivity contribution in [3.05, 3.63) is 40.3 Å². The lowest BCUT2D eigenvalue weighted by Gasteiger charge is -2.06. The summed E-state index contributed by atoms with van der Waals surface area (Å²) < 4.78 is 26.1. The second kappa shape index (κ2) is 6.65. The summed E-state index contributed by atoms with van der Waals surface area (Å²) >= 11 is 1.18. The third-order valence-corrected chi connectivity index (χ3v) is 3.45. The summed E-state index contributed by atoms with van der Waals surface area (Å²) in [7, 11) is 0. The van der Waals surface area contributed by atoms with Crippen molar-refractivity contribution in [2.24, 2.45) is 0 Å². The molecule has 0 aliphatic heterocycles. The maximum Gasteiger partial charge on any atom is 0.319 e. The first-order valence-electron chi connectivity index (χ1n) is 6.13. The number of imidazole rings is 1. The second-order valence-electron chi connectivity index (χ2n) is 4.11. The Labute approximate surface area is 118 Å². The average Bonchev–Trinajstić information content (AvgIpc) is 2.84. The zero-order chi connectivity index (χ0) is 14.5. The number of rotatable bonds is 6. The van der Waals surface area contributed by atoms with E-state index in [0.717, 1.165) is 11.0 Å². The van der Waals surface area contributed by atoms with E-state index in [0.29, 0.717) is 17.3 Å². The Kier molecular flexibility index (Phi) is 4.89. The highest BCUT2D eigenvalue weighted by molar-refractivity contribution is 7.98. The number of halogens is 2. The van der Waals surface area contributed by atoms with Gasteiger partial charge in [-0.15, -0.1) is 0 Å². The molecule has 0 aromatic carbocycles. The summed E-state index contributed by atoms with van der Waals surface area (Å²) in [5.41, 5.74) is 0.471. The van der Waals surface area contributed by atoms with Crippen LogP contribution in [-0.2, 0) is 12.2 Å². The fraction of sp³-hybridized carbons (Fsp3) is 0.417. The quantitative estimate of drug-likeness (QED) is 0.658. The van der Waals surface area contributed by atoms with Gasteiger partial charge in [-0.2, -0.15) is 8.78 Å². The monoisotopic (exact) mass is 300 g/mol. The summed E-state index contributed by atoms with van der Waals surface area (Å²) in [6, 6.07) is 1.45. The van der Waals surface area contributed by atoms with E-state index in [1.165, 1.54) is 30.2 Å². The number of nitrogens with one attached hydrogen (secondary N) is 1. The average molecular weight is 300 g/mol. The maximum atomic E-state index is 12.7. The minimum atomic E-state index is -2.62. The van der Waals surface area contributed by atoms with Gasteiger partial charge in [-0.05, 0) is 6.42 Å². The highest BCUT2D eigenvalue weighted by Crippen LogP contribution is 2.20. The molecule has 0 radical (unpaired) electrons. The topological polar surface area (TPSA) is 63.6 Å². The number of thioether (sulfide) groups is 1. The predicted octanol–water partition coefficient (Wildman–Crippen LogP) is 2.61. The summed E-state index contributed by atoms with van der Waals surface area (Å²) in [5, 5.41) is 0.421.